The van der Waals surface area contributed by atoms with Crippen molar-refractivity contribution in [3.63, 3.8) is 0 Å². The van der Waals surface area contributed by atoms with E-state index in [0.29, 0.717) is 6.04 Å². The summed E-state index contributed by atoms with van der Waals surface area (Å²) in [5.41, 5.74) is 3.33. The van der Waals surface area contributed by atoms with Gasteiger partial charge in [0.25, 0.3) is 0 Å². The minimum Gasteiger partial charge on any atom is -0.508 e. The molecular formula is C24H28ClNO2. The Morgan fingerprint density at radius 2 is 1.50 bits per heavy atom. The molecule has 0 saturated heterocycles. The number of hydrogen-bond donors (Lipinski definition) is 3. The number of phenolic OH excluding ortho intramolecular Hbond substituents is 2. The molecule has 28 heavy (non-hydrogen) atoms. The van der Waals surface area contributed by atoms with Crippen molar-refractivity contribution < 1.29 is 10.2 Å². The highest BCUT2D eigenvalue weighted by molar-refractivity contribution is 5.85. The van der Waals surface area contributed by atoms with E-state index >= 15 is 0 Å². The van der Waals surface area contributed by atoms with Crippen LogP contribution < -0.4 is 5.32 Å². The third-order valence-corrected chi connectivity index (χ3v) is 4.90. The lowest BCUT2D eigenvalue weighted by Crippen LogP contribution is -2.30. The molecule has 3 aromatic carbocycles. The van der Waals surface area contributed by atoms with Crippen molar-refractivity contribution in [1.82, 2.24) is 5.32 Å². The average Bonchev–Trinajstić information content (AvgIpc) is 2.67. The van der Waals surface area contributed by atoms with E-state index < -0.39 is 0 Å². The fourth-order valence-corrected chi connectivity index (χ4v) is 3.53. The average molecular weight is 398 g/mol. The summed E-state index contributed by atoms with van der Waals surface area (Å²) < 4.78 is 0. The van der Waals surface area contributed by atoms with Crippen LogP contribution in [0.4, 0.5) is 0 Å². The van der Waals surface area contributed by atoms with E-state index in [1.54, 1.807) is 6.07 Å². The molecule has 0 amide bonds. The van der Waals surface area contributed by atoms with Crippen molar-refractivity contribution in [3.8, 4) is 11.5 Å². The third-order valence-electron chi connectivity index (χ3n) is 4.90. The molecule has 4 heteroatoms. The molecule has 3 N–H and O–H groups in total. The van der Waals surface area contributed by atoms with Gasteiger partial charge in [-0.05, 0) is 43.5 Å². The summed E-state index contributed by atoms with van der Waals surface area (Å²) in [5, 5.41) is 23.6. The molecule has 3 aromatic rings. The Morgan fingerprint density at radius 1 is 0.857 bits per heavy atom. The van der Waals surface area contributed by atoms with E-state index in [2.05, 4.69) is 48.6 Å². The van der Waals surface area contributed by atoms with Crippen molar-refractivity contribution in [1.29, 1.82) is 0 Å². The van der Waals surface area contributed by atoms with E-state index in [-0.39, 0.29) is 29.8 Å². The number of hydrogen-bond acceptors (Lipinski definition) is 3. The summed E-state index contributed by atoms with van der Waals surface area (Å²) in [6, 6.07) is 25.9. The van der Waals surface area contributed by atoms with Crippen LogP contribution in [-0.2, 0) is 6.42 Å². The molecule has 148 valence electrons. The maximum absolute atomic E-state index is 10.3. The Hall–Kier alpha value is -2.49. The highest BCUT2D eigenvalue weighted by Crippen LogP contribution is 2.35. The van der Waals surface area contributed by atoms with Gasteiger partial charge in [0.15, 0.2) is 0 Å². The van der Waals surface area contributed by atoms with E-state index in [9.17, 15) is 10.2 Å². The van der Waals surface area contributed by atoms with Crippen LogP contribution in [0.15, 0.2) is 78.9 Å². The van der Waals surface area contributed by atoms with E-state index in [1.165, 1.54) is 11.6 Å². The van der Waals surface area contributed by atoms with Crippen LogP contribution in [-0.4, -0.2) is 22.8 Å². The fourth-order valence-electron chi connectivity index (χ4n) is 3.53. The summed E-state index contributed by atoms with van der Waals surface area (Å²) in [4.78, 5) is 0. The lowest BCUT2D eigenvalue weighted by molar-refractivity contribution is 0.440. The molecule has 0 spiro atoms. The first-order valence-electron chi connectivity index (χ1n) is 9.47. The molecule has 3 nitrogen and oxygen atoms in total. The monoisotopic (exact) mass is 397 g/mol. The Bertz CT molecular complexity index is 840. The zero-order valence-electron chi connectivity index (χ0n) is 16.1. The van der Waals surface area contributed by atoms with Gasteiger partial charge in [-0.3, -0.25) is 0 Å². The van der Waals surface area contributed by atoms with Crippen LogP contribution >= 0.6 is 12.4 Å². The second kappa shape index (κ2) is 10.7. The van der Waals surface area contributed by atoms with Gasteiger partial charge in [0.05, 0.1) is 0 Å². The van der Waals surface area contributed by atoms with Crippen molar-refractivity contribution in [2.45, 2.75) is 31.7 Å². The van der Waals surface area contributed by atoms with Crippen molar-refractivity contribution >= 4 is 12.4 Å². The minimum atomic E-state index is 0. The largest absolute Gasteiger partial charge is 0.508 e. The topological polar surface area (TPSA) is 52.5 Å². The second-order valence-corrected chi connectivity index (χ2v) is 7.04. The zero-order chi connectivity index (χ0) is 19.1. The third kappa shape index (κ3) is 6.01. The molecule has 0 aromatic heterocycles. The Morgan fingerprint density at radius 3 is 2.14 bits per heavy atom. The lowest BCUT2D eigenvalue weighted by atomic mass is 9.87. The summed E-state index contributed by atoms with van der Waals surface area (Å²) in [7, 11) is 0. The molecule has 0 saturated carbocycles. The van der Waals surface area contributed by atoms with Gasteiger partial charge in [-0.2, -0.15) is 0 Å². The molecule has 0 bridgehead atoms. The first-order chi connectivity index (χ1) is 13.1. The second-order valence-electron chi connectivity index (χ2n) is 7.04. The number of halogens is 1. The molecule has 2 unspecified atom stereocenters. The Balaban J connectivity index is 0.00000280. The number of nitrogens with one attached hydrogen (secondary N) is 1. The molecule has 0 heterocycles. The van der Waals surface area contributed by atoms with Gasteiger partial charge < -0.3 is 15.5 Å². The Kier molecular flexibility index (Phi) is 8.37. The van der Waals surface area contributed by atoms with Gasteiger partial charge in [0.2, 0.25) is 0 Å². The fraction of sp³-hybridized carbons (Fsp3) is 0.250. The summed E-state index contributed by atoms with van der Waals surface area (Å²) in [6.07, 6.45) is 1.85. The summed E-state index contributed by atoms with van der Waals surface area (Å²) in [5.74, 6) is 0.294. The van der Waals surface area contributed by atoms with E-state index in [0.717, 1.165) is 30.5 Å². The van der Waals surface area contributed by atoms with Crippen LogP contribution in [0.3, 0.4) is 0 Å². The summed E-state index contributed by atoms with van der Waals surface area (Å²) in [6.45, 7) is 3.04. The van der Waals surface area contributed by atoms with Gasteiger partial charge in [0.1, 0.15) is 11.5 Å². The number of aromatic hydroxyl groups is 2. The van der Waals surface area contributed by atoms with Gasteiger partial charge in [0, 0.05) is 23.6 Å². The molecule has 0 aliphatic carbocycles. The van der Waals surface area contributed by atoms with Gasteiger partial charge in [-0.15, -0.1) is 12.4 Å². The standard InChI is InChI=1S/C24H27NO2.ClH/c1-18(16-19-8-4-2-5-9-19)25-15-14-22(20-10-6-3-7-11-20)23-13-12-21(26)17-24(23)27;/h2-13,17-18,22,25-27H,14-16H2,1H3;1H. The first kappa shape index (κ1) is 21.8. The van der Waals surface area contributed by atoms with Crippen LogP contribution in [0.1, 0.15) is 36.0 Å². The maximum atomic E-state index is 10.3. The molecule has 2 atom stereocenters. The van der Waals surface area contributed by atoms with Gasteiger partial charge in [-0.25, -0.2) is 0 Å². The summed E-state index contributed by atoms with van der Waals surface area (Å²) >= 11 is 0. The normalized spacial score (nSPS) is 12.8. The molecular weight excluding hydrogens is 370 g/mol. The molecule has 0 aliphatic heterocycles. The predicted molar refractivity (Wildman–Crippen MR) is 118 cm³/mol. The van der Waals surface area contributed by atoms with Crippen LogP contribution in [0.2, 0.25) is 0 Å². The van der Waals surface area contributed by atoms with Crippen molar-refractivity contribution in [2.75, 3.05) is 6.54 Å². The van der Waals surface area contributed by atoms with E-state index in [4.69, 9.17) is 0 Å². The molecule has 0 aliphatic rings. The predicted octanol–water partition coefficient (Wildman–Crippen LogP) is 5.26. The van der Waals surface area contributed by atoms with E-state index in [1.807, 2.05) is 30.3 Å². The lowest BCUT2D eigenvalue weighted by Gasteiger charge is -2.21. The molecule has 0 fully saturated rings. The van der Waals surface area contributed by atoms with Gasteiger partial charge in [-0.1, -0.05) is 66.7 Å². The quantitative estimate of drug-likeness (QED) is 0.485. The van der Waals surface area contributed by atoms with Crippen molar-refractivity contribution in [3.05, 3.63) is 95.6 Å². The first-order valence-corrected chi connectivity index (χ1v) is 9.47. The smallest absolute Gasteiger partial charge is 0.123 e. The van der Waals surface area contributed by atoms with Crippen LogP contribution in [0, 0.1) is 0 Å². The maximum Gasteiger partial charge on any atom is 0.123 e. The van der Waals surface area contributed by atoms with Gasteiger partial charge >= 0.3 is 0 Å². The molecule has 3 rings (SSSR count). The highest BCUT2D eigenvalue weighted by Gasteiger charge is 2.18. The number of benzene rings is 3. The van der Waals surface area contributed by atoms with Crippen molar-refractivity contribution in [2.24, 2.45) is 0 Å². The number of rotatable bonds is 8. The molecule has 0 radical (unpaired) electrons. The highest BCUT2D eigenvalue weighted by atomic mass is 35.5. The van der Waals surface area contributed by atoms with Crippen LogP contribution in [0.5, 0.6) is 11.5 Å². The Labute approximate surface area is 173 Å². The zero-order valence-corrected chi connectivity index (χ0v) is 16.9. The van der Waals surface area contributed by atoms with Crippen LogP contribution in [0.25, 0.3) is 0 Å². The number of phenols is 2. The SMILES string of the molecule is CC(Cc1ccccc1)NCCC(c1ccccc1)c1ccc(O)cc1O.Cl. The minimum absolute atomic E-state index is 0.